The van der Waals surface area contributed by atoms with Gasteiger partial charge in [-0.2, -0.15) is 0 Å². The normalized spacial score (nSPS) is 22.9. The molecule has 5 nitrogen and oxygen atoms in total. The topological polar surface area (TPSA) is 63.7 Å². The zero-order chi connectivity index (χ0) is 18.0. The Morgan fingerprint density at radius 1 is 1.08 bits per heavy atom. The van der Waals surface area contributed by atoms with Gasteiger partial charge in [-0.1, -0.05) is 0 Å². The van der Waals surface area contributed by atoms with Crippen molar-refractivity contribution in [2.24, 2.45) is 5.92 Å². The summed E-state index contributed by atoms with van der Waals surface area (Å²) in [6.45, 7) is 3.91. The number of benzene rings is 1. The van der Waals surface area contributed by atoms with Crippen LogP contribution in [0.2, 0.25) is 0 Å². The zero-order valence-corrected chi connectivity index (χ0v) is 15.1. The van der Waals surface area contributed by atoms with Crippen molar-refractivity contribution < 1.29 is 18.5 Å². The number of hydrogen-bond acceptors (Lipinski definition) is 3. The van der Waals surface area contributed by atoms with Crippen molar-refractivity contribution in [1.29, 1.82) is 0 Å². The maximum absolute atomic E-state index is 13.0. The third kappa shape index (κ3) is 4.15. The highest BCUT2D eigenvalue weighted by Gasteiger charge is 2.38. The molecule has 2 heterocycles. The fourth-order valence-corrected chi connectivity index (χ4v) is 4.99. The lowest BCUT2D eigenvalue weighted by Gasteiger charge is -2.32. The quantitative estimate of drug-likeness (QED) is 0.766. The van der Waals surface area contributed by atoms with Gasteiger partial charge >= 0.3 is 0 Å². The van der Waals surface area contributed by atoms with Crippen LogP contribution in [-0.2, 0) is 20.8 Å². The lowest BCUT2D eigenvalue weighted by Crippen LogP contribution is -2.43. The van der Waals surface area contributed by atoms with E-state index in [2.05, 4.69) is 0 Å². The Morgan fingerprint density at radius 2 is 1.68 bits per heavy atom. The summed E-state index contributed by atoms with van der Waals surface area (Å²) in [5.41, 5.74) is 0. The third-order valence-corrected chi connectivity index (χ3v) is 6.82. The van der Waals surface area contributed by atoms with Gasteiger partial charge in [-0.05, 0) is 48.3 Å². The van der Waals surface area contributed by atoms with Crippen LogP contribution in [0.5, 0.6) is 0 Å². The minimum atomic E-state index is -1.23. The zero-order valence-electron chi connectivity index (χ0n) is 14.3. The van der Waals surface area contributed by atoms with E-state index in [4.69, 9.17) is 0 Å². The van der Waals surface area contributed by atoms with Crippen molar-refractivity contribution in [3.63, 3.8) is 0 Å². The molecule has 2 aliphatic rings. The largest absolute Gasteiger partial charge is 0.611 e. The number of nitrogens with zero attached hydrogens (tertiary/aromatic N) is 2. The number of piperidine rings is 1. The third-order valence-electron chi connectivity index (χ3n) is 5.09. The second-order valence-corrected chi connectivity index (χ2v) is 8.46. The van der Waals surface area contributed by atoms with Crippen LogP contribution in [0.1, 0.15) is 26.2 Å². The fraction of sp³-hybridized carbons (Fsp3) is 0.556. The van der Waals surface area contributed by atoms with Crippen molar-refractivity contribution in [1.82, 2.24) is 9.80 Å². The molecular weight excluding hydrogens is 343 g/mol. The second-order valence-electron chi connectivity index (χ2n) is 6.73. The SMILES string of the molecule is CC(=O)N1CCC(C(=O)N2CCC([S+]([O-])c3ccc(F)cc3)C2)CC1. The van der Waals surface area contributed by atoms with E-state index < -0.39 is 11.2 Å². The van der Waals surface area contributed by atoms with E-state index in [1.165, 1.54) is 12.1 Å². The molecular formula is C18H23FN2O3S. The summed E-state index contributed by atoms with van der Waals surface area (Å²) >= 11 is -1.23. The van der Waals surface area contributed by atoms with Crippen LogP contribution in [0.25, 0.3) is 0 Å². The molecule has 7 heteroatoms. The predicted molar refractivity (Wildman–Crippen MR) is 92.8 cm³/mol. The van der Waals surface area contributed by atoms with E-state index in [0.717, 1.165) is 0 Å². The molecule has 1 aromatic rings. The molecule has 136 valence electrons. The van der Waals surface area contributed by atoms with Crippen molar-refractivity contribution in [2.75, 3.05) is 26.2 Å². The summed E-state index contributed by atoms with van der Waals surface area (Å²) < 4.78 is 25.6. The molecule has 25 heavy (non-hydrogen) atoms. The number of carbonyl (C=O) groups excluding carboxylic acids is 2. The summed E-state index contributed by atoms with van der Waals surface area (Å²) in [5.74, 6) is -0.224. The van der Waals surface area contributed by atoms with Gasteiger partial charge in [-0.15, -0.1) is 0 Å². The average molecular weight is 366 g/mol. The monoisotopic (exact) mass is 366 g/mol. The first-order valence-corrected chi connectivity index (χ1v) is 9.87. The van der Waals surface area contributed by atoms with Gasteiger partial charge in [0.1, 0.15) is 11.1 Å². The lowest BCUT2D eigenvalue weighted by molar-refractivity contribution is -0.139. The lowest BCUT2D eigenvalue weighted by atomic mass is 9.95. The number of halogens is 1. The highest BCUT2D eigenvalue weighted by atomic mass is 32.2. The Morgan fingerprint density at radius 3 is 2.28 bits per heavy atom. The van der Waals surface area contributed by atoms with Gasteiger partial charge in [0.15, 0.2) is 4.90 Å². The molecule has 0 aromatic heterocycles. The first kappa shape index (κ1) is 18.2. The Hall–Kier alpha value is -1.60. The molecule has 0 spiro atoms. The predicted octanol–water partition coefficient (Wildman–Crippen LogP) is 1.79. The van der Waals surface area contributed by atoms with Crippen LogP contribution < -0.4 is 0 Å². The maximum Gasteiger partial charge on any atom is 0.225 e. The molecule has 2 fully saturated rings. The Balaban J connectivity index is 1.54. The van der Waals surface area contributed by atoms with E-state index in [1.54, 1.807) is 28.9 Å². The molecule has 2 aliphatic heterocycles. The van der Waals surface area contributed by atoms with Crippen molar-refractivity contribution in [3.8, 4) is 0 Å². The number of likely N-dealkylation sites (tertiary alicyclic amines) is 2. The van der Waals surface area contributed by atoms with E-state index in [0.29, 0.717) is 50.3 Å². The van der Waals surface area contributed by atoms with Gasteiger partial charge in [-0.25, -0.2) is 4.39 Å². The molecule has 0 N–H and O–H groups in total. The van der Waals surface area contributed by atoms with E-state index in [9.17, 15) is 18.5 Å². The Kier molecular flexibility index (Phi) is 5.64. The average Bonchev–Trinajstić information content (AvgIpc) is 3.11. The molecule has 2 amide bonds. The fourth-order valence-electron chi connectivity index (χ4n) is 3.56. The van der Waals surface area contributed by atoms with Crippen LogP contribution in [-0.4, -0.2) is 57.6 Å². The van der Waals surface area contributed by atoms with Crippen molar-refractivity contribution in [3.05, 3.63) is 30.1 Å². The standard InChI is InChI=1S/C18H23FN2O3S/c1-13(22)20-9-6-14(7-10-20)18(23)21-11-8-17(12-21)25(24)16-4-2-15(19)3-5-16/h2-5,14,17H,6-12H2,1H3. The van der Waals surface area contributed by atoms with Crippen LogP contribution in [0.15, 0.2) is 29.2 Å². The smallest absolute Gasteiger partial charge is 0.225 e. The summed E-state index contributed by atoms with van der Waals surface area (Å²) in [4.78, 5) is 28.3. The van der Waals surface area contributed by atoms with E-state index in [1.807, 2.05) is 0 Å². The molecule has 2 unspecified atom stereocenters. The molecule has 0 aliphatic carbocycles. The molecule has 2 atom stereocenters. The second kappa shape index (κ2) is 7.74. The Bertz CT molecular complexity index is 632. The van der Waals surface area contributed by atoms with Gasteiger partial charge in [0.05, 0.1) is 6.54 Å². The molecule has 3 rings (SSSR count). The molecule has 0 bridgehead atoms. The number of amides is 2. The maximum atomic E-state index is 13.0. The summed E-state index contributed by atoms with van der Waals surface area (Å²) in [5, 5.41) is -0.105. The van der Waals surface area contributed by atoms with E-state index >= 15 is 0 Å². The number of carbonyl (C=O) groups is 2. The molecule has 2 saturated heterocycles. The first-order valence-electron chi connectivity index (χ1n) is 8.66. The molecule has 0 saturated carbocycles. The van der Waals surface area contributed by atoms with Gasteiger partial charge in [-0.3, -0.25) is 9.59 Å². The van der Waals surface area contributed by atoms with Crippen LogP contribution >= 0.6 is 0 Å². The highest BCUT2D eigenvalue weighted by molar-refractivity contribution is 7.92. The van der Waals surface area contributed by atoms with Gasteiger partial charge in [0.2, 0.25) is 11.8 Å². The minimum absolute atomic E-state index is 0.0476. The molecule has 1 aromatic carbocycles. The number of rotatable bonds is 3. The van der Waals surface area contributed by atoms with Gasteiger partial charge < -0.3 is 14.4 Å². The summed E-state index contributed by atoms with van der Waals surface area (Å²) in [6, 6.07) is 5.72. The Labute approximate surface area is 150 Å². The first-order chi connectivity index (χ1) is 12.0. The summed E-state index contributed by atoms with van der Waals surface area (Å²) in [7, 11) is 0. The van der Waals surface area contributed by atoms with Gasteiger partial charge in [0.25, 0.3) is 0 Å². The van der Waals surface area contributed by atoms with Crippen LogP contribution in [0.3, 0.4) is 0 Å². The van der Waals surface area contributed by atoms with Gasteiger partial charge in [0, 0.05) is 38.9 Å². The van der Waals surface area contributed by atoms with Crippen molar-refractivity contribution >= 4 is 23.0 Å². The van der Waals surface area contributed by atoms with Crippen LogP contribution in [0.4, 0.5) is 4.39 Å². The highest BCUT2D eigenvalue weighted by Crippen LogP contribution is 2.27. The molecule has 0 radical (unpaired) electrons. The van der Waals surface area contributed by atoms with E-state index in [-0.39, 0.29) is 28.8 Å². The minimum Gasteiger partial charge on any atom is -0.611 e. The van der Waals surface area contributed by atoms with Crippen LogP contribution in [0, 0.1) is 11.7 Å². The van der Waals surface area contributed by atoms with Crippen molar-refractivity contribution in [2.45, 2.75) is 36.3 Å². The summed E-state index contributed by atoms with van der Waals surface area (Å²) in [6.07, 6.45) is 2.09. The number of hydrogen-bond donors (Lipinski definition) is 0.